The molecule has 5 heteroatoms. The van der Waals surface area contributed by atoms with Crippen LogP contribution in [0.2, 0.25) is 0 Å². The molecule has 0 amide bonds. The highest BCUT2D eigenvalue weighted by atomic mass is 16.6. The molecule has 0 spiro atoms. The van der Waals surface area contributed by atoms with Crippen molar-refractivity contribution in [1.29, 1.82) is 0 Å². The summed E-state index contributed by atoms with van der Waals surface area (Å²) in [5, 5.41) is 10.8. The van der Waals surface area contributed by atoms with Crippen molar-refractivity contribution >= 4 is 6.08 Å². The van der Waals surface area contributed by atoms with Gasteiger partial charge in [0.15, 0.2) is 11.5 Å². The first kappa shape index (κ1) is 12.4. The lowest BCUT2D eigenvalue weighted by Gasteiger charge is -2.07. The van der Waals surface area contributed by atoms with Crippen LogP contribution in [0.1, 0.15) is 25.3 Å². The normalized spacial score (nSPS) is 15.1. The summed E-state index contributed by atoms with van der Waals surface area (Å²) in [6.45, 7) is 3.00. The van der Waals surface area contributed by atoms with E-state index in [9.17, 15) is 10.1 Å². The minimum Gasteiger partial charge on any atom is -0.490 e. The van der Waals surface area contributed by atoms with Crippen molar-refractivity contribution in [3.05, 3.63) is 39.6 Å². The third-order valence-electron chi connectivity index (χ3n) is 2.70. The van der Waals surface area contributed by atoms with Crippen LogP contribution in [0, 0.1) is 10.1 Å². The van der Waals surface area contributed by atoms with Gasteiger partial charge in [0, 0.05) is 18.9 Å². The van der Waals surface area contributed by atoms with Crippen LogP contribution in [0.4, 0.5) is 0 Å². The van der Waals surface area contributed by atoms with E-state index in [1.54, 1.807) is 31.2 Å². The summed E-state index contributed by atoms with van der Waals surface area (Å²) in [5.41, 5.74) is 0.942. The van der Waals surface area contributed by atoms with E-state index in [1.165, 1.54) is 0 Å². The van der Waals surface area contributed by atoms with E-state index in [0.717, 1.165) is 12.0 Å². The zero-order valence-corrected chi connectivity index (χ0v) is 10.2. The smallest absolute Gasteiger partial charge is 0.246 e. The maximum absolute atomic E-state index is 10.8. The van der Waals surface area contributed by atoms with E-state index in [1.807, 2.05) is 0 Å². The molecule has 1 aromatic rings. The van der Waals surface area contributed by atoms with Gasteiger partial charge in [-0.05, 0) is 17.7 Å². The zero-order valence-electron chi connectivity index (χ0n) is 10.2. The highest BCUT2D eigenvalue weighted by Crippen LogP contribution is 2.31. The Bertz CT molecular complexity index is 482. The van der Waals surface area contributed by atoms with Gasteiger partial charge in [0.05, 0.1) is 18.1 Å². The topological polar surface area (TPSA) is 61.6 Å². The number of hydrogen-bond donors (Lipinski definition) is 0. The third kappa shape index (κ3) is 2.80. The number of nitrogens with zero attached hydrogens (tertiary/aromatic N) is 1. The second-order valence-corrected chi connectivity index (χ2v) is 4.00. The number of fused-ring (bicyclic) bond motifs is 1. The maximum atomic E-state index is 10.8. The molecule has 18 heavy (non-hydrogen) atoms. The molecule has 96 valence electrons. The van der Waals surface area contributed by atoms with Gasteiger partial charge < -0.3 is 9.47 Å². The molecule has 2 rings (SSSR count). The quantitative estimate of drug-likeness (QED) is 0.610. The summed E-state index contributed by atoms with van der Waals surface area (Å²) in [6.07, 6.45) is 2.80. The summed E-state index contributed by atoms with van der Waals surface area (Å²) in [5.74, 6) is 1.35. The molecule has 1 heterocycles. The van der Waals surface area contributed by atoms with Crippen LogP contribution in [-0.2, 0) is 0 Å². The van der Waals surface area contributed by atoms with E-state index >= 15 is 0 Å². The summed E-state index contributed by atoms with van der Waals surface area (Å²) >= 11 is 0. The fourth-order valence-electron chi connectivity index (χ4n) is 1.75. The highest BCUT2D eigenvalue weighted by molar-refractivity contribution is 5.57. The summed E-state index contributed by atoms with van der Waals surface area (Å²) in [6, 6.07) is 5.37. The Morgan fingerprint density at radius 3 is 2.78 bits per heavy atom. The van der Waals surface area contributed by atoms with Crippen LogP contribution in [0.3, 0.4) is 0 Å². The highest BCUT2D eigenvalue weighted by Gasteiger charge is 2.12. The molecule has 0 aromatic heterocycles. The minimum atomic E-state index is -0.358. The number of nitro groups is 1. The molecule has 0 atom stereocenters. The van der Waals surface area contributed by atoms with Crippen LogP contribution >= 0.6 is 0 Å². The van der Waals surface area contributed by atoms with E-state index in [4.69, 9.17) is 9.47 Å². The second kappa shape index (κ2) is 5.53. The van der Waals surface area contributed by atoms with Crippen LogP contribution in [0.25, 0.3) is 6.08 Å². The van der Waals surface area contributed by atoms with Gasteiger partial charge in [-0.25, -0.2) is 0 Å². The monoisotopic (exact) mass is 249 g/mol. The van der Waals surface area contributed by atoms with Gasteiger partial charge in [-0.3, -0.25) is 10.1 Å². The summed E-state index contributed by atoms with van der Waals surface area (Å²) in [4.78, 5) is 10.4. The molecule has 0 bridgehead atoms. The molecular formula is C13H15NO4. The van der Waals surface area contributed by atoms with Crippen molar-refractivity contribution in [2.75, 3.05) is 13.2 Å². The predicted molar refractivity (Wildman–Crippen MR) is 67.3 cm³/mol. The van der Waals surface area contributed by atoms with Gasteiger partial charge in [-0.2, -0.15) is 0 Å². The lowest BCUT2D eigenvalue weighted by atomic mass is 10.1. The Hall–Kier alpha value is -2.04. The van der Waals surface area contributed by atoms with Gasteiger partial charge in [-0.1, -0.05) is 13.0 Å². The Morgan fingerprint density at radius 1 is 1.39 bits per heavy atom. The average Bonchev–Trinajstić information content (AvgIpc) is 2.60. The standard InChI is InChI=1S/C13H15NO4/c1-2-11(14(15)16)8-10-4-5-12-13(9-10)18-7-3-6-17-12/h4-5,8-9H,2-3,6-7H2,1H3/b11-8+. The van der Waals surface area contributed by atoms with E-state index in [0.29, 0.717) is 31.1 Å². The van der Waals surface area contributed by atoms with Crippen molar-refractivity contribution < 1.29 is 14.4 Å². The molecule has 0 fully saturated rings. The van der Waals surface area contributed by atoms with Crippen LogP contribution in [0.15, 0.2) is 23.9 Å². The van der Waals surface area contributed by atoms with Crippen molar-refractivity contribution in [2.24, 2.45) is 0 Å². The largest absolute Gasteiger partial charge is 0.490 e. The van der Waals surface area contributed by atoms with E-state index in [2.05, 4.69) is 0 Å². The van der Waals surface area contributed by atoms with Crippen LogP contribution < -0.4 is 9.47 Å². The molecule has 0 saturated heterocycles. The fourth-order valence-corrected chi connectivity index (χ4v) is 1.75. The van der Waals surface area contributed by atoms with Gasteiger partial charge in [0.25, 0.3) is 0 Å². The van der Waals surface area contributed by atoms with Crippen molar-refractivity contribution in [1.82, 2.24) is 0 Å². The molecule has 0 unspecified atom stereocenters. The molecule has 5 nitrogen and oxygen atoms in total. The number of hydrogen-bond acceptors (Lipinski definition) is 4. The van der Waals surface area contributed by atoms with Crippen molar-refractivity contribution in [2.45, 2.75) is 19.8 Å². The lowest BCUT2D eigenvalue weighted by Crippen LogP contribution is -1.97. The molecule has 0 radical (unpaired) electrons. The maximum Gasteiger partial charge on any atom is 0.246 e. The number of ether oxygens (including phenoxy) is 2. The molecular weight excluding hydrogens is 234 g/mol. The van der Waals surface area contributed by atoms with Crippen molar-refractivity contribution in [3.63, 3.8) is 0 Å². The summed E-state index contributed by atoms with van der Waals surface area (Å²) < 4.78 is 11.0. The van der Waals surface area contributed by atoms with Gasteiger partial charge in [0.2, 0.25) is 5.70 Å². The third-order valence-corrected chi connectivity index (χ3v) is 2.70. The Labute approximate surface area is 105 Å². The first-order valence-corrected chi connectivity index (χ1v) is 5.95. The lowest BCUT2D eigenvalue weighted by molar-refractivity contribution is -0.425. The van der Waals surface area contributed by atoms with Gasteiger partial charge in [0.1, 0.15) is 0 Å². The van der Waals surface area contributed by atoms with Crippen LogP contribution in [-0.4, -0.2) is 18.1 Å². The van der Waals surface area contributed by atoms with E-state index < -0.39 is 0 Å². The Morgan fingerprint density at radius 2 is 2.11 bits per heavy atom. The van der Waals surface area contributed by atoms with Gasteiger partial charge >= 0.3 is 0 Å². The Balaban J connectivity index is 2.30. The zero-order chi connectivity index (χ0) is 13.0. The minimum absolute atomic E-state index is 0.185. The molecule has 1 aromatic carbocycles. The molecule has 1 aliphatic heterocycles. The SMILES string of the molecule is CC/C(=C\c1ccc2c(c1)OCCCO2)[N+](=O)[O-]. The molecule has 0 aliphatic carbocycles. The number of allylic oxidation sites excluding steroid dienone is 1. The van der Waals surface area contributed by atoms with Crippen molar-refractivity contribution in [3.8, 4) is 11.5 Å². The number of benzene rings is 1. The van der Waals surface area contributed by atoms with E-state index in [-0.39, 0.29) is 10.6 Å². The fraction of sp³-hybridized carbons (Fsp3) is 0.385. The first-order valence-electron chi connectivity index (χ1n) is 5.95. The average molecular weight is 249 g/mol. The molecule has 0 N–H and O–H groups in total. The first-order chi connectivity index (χ1) is 8.70. The Kier molecular flexibility index (Phi) is 3.82. The van der Waals surface area contributed by atoms with Crippen LogP contribution in [0.5, 0.6) is 11.5 Å². The molecule has 0 saturated carbocycles. The number of rotatable bonds is 3. The predicted octanol–water partition coefficient (Wildman–Crippen LogP) is 2.88. The second-order valence-electron chi connectivity index (χ2n) is 4.00. The van der Waals surface area contributed by atoms with Gasteiger partial charge in [-0.15, -0.1) is 0 Å². The summed E-state index contributed by atoms with van der Waals surface area (Å²) in [7, 11) is 0. The molecule has 1 aliphatic rings.